The quantitative estimate of drug-likeness (QED) is 0.124. The van der Waals surface area contributed by atoms with Crippen molar-refractivity contribution < 1.29 is 24.2 Å². The van der Waals surface area contributed by atoms with Gasteiger partial charge in [0, 0.05) is 47.4 Å². The van der Waals surface area contributed by atoms with Gasteiger partial charge < -0.3 is 25.2 Å². The lowest BCUT2D eigenvalue weighted by Crippen LogP contribution is -2.31. The van der Waals surface area contributed by atoms with Crippen molar-refractivity contribution in [1.82, 2.24) is 5.32 Å². The Balaban J connectivity index is 1.17. The summed E-state index contributed by atoms with van der Waals surface area (Å²) in [6, 6.07) is 41.2. The van der Waals surface area contributed by atoms with Crippen LogP contribution in [0, 0.1) is 0 Å². The Labute approximate surface area is 285 Å². The van der Waals surface area contributed by atoms with Crippen LogP contribution in [-0.2, 0) is 27.4 Å². The van der Waals surface area contributed by atoms with Gasteiger partial charge in [0.15, 0.2) is 6.29 Å². The molecular weight excluding hydrogens is 621 g/mol. The van der Waals surface area contributed by atoms with Crippen molar-refractivity contribution in [3.63, 3.8) is 0 Å². The van der Waals surface area contributed by atoms with E-state index in [0.29, 0.717) is 18.5 Å². The second-order valence-electron chi connectivity index (χ2n) is 11.7. The highest BCUT2D eigenvalue weighted by Gasteiger charge is 2.32. The SMILES string of the molecule is CC(=O)Nc1ccc(SCC2CC(c3ccc(CO)cc3)OC(c3ccc(-c4ccccc4CNC(=O)c4ccccc4)cc3)O2)cc1. The topological polar surface area (TPSA) is 96.9 Å². The summed E-state index contributed by atoms with van der Waals surface area (Å²) in [6.07, 6.45) is -0.146. The van der Waals surface area contributed by atoms with Crippen LogP contribution >= 0.6 is 11.8 Å². The molecule has 5 aromatic carbocycles. The van der Waals surface area contributed by atoms with E-state index in [-0.39, 0.29) is 30.6 Å². The summed E-state index contributed by atoms with van der Waals surface area (Å²) in [7, 11) is 0. The zero-order valence-electron chi connectivity index (χ0n) is 26.7. The minimum Gasteiger partial charge on any atom is -0.392 e. The highest BCUT2D eigenvalue weighted by atomic mass is 32.2. The fraction of sp³-hybridized carbons (Fsp3) is 0.200. The largest absolute Gasteiger partial charge is 0.392 e. The van der Waals surface area contributed by atoms with Crippen LogP contribution in [0.3, 0.4) is 0 Å². The molecule has 6 rings (SSSR count). The van der Waals surface area contributed by atoms with Crippen molar-refractivity contribution in [1.29, 1.82) is 0 Å². The van der Waals surface area contributed by atoms with Crippen LogP contribution in [0.25, 0.3) is 11.1 Å². The zero-order valence-corrected chi connectivity index (χ0v) is 27.5. The minimum atomic E-state index is -0.566. The van der Waals surface area contributed by atoms with Gasteiger partial charge in [-0.05, 0) is 64.2 Å². The van der Waals surface area contributed by atoms with E-state index in [4.69, 9.17) is 9.47 Å². The molecule has 8 heteroatoms. The van der Waals surface area contributed by atoms with Gasteiger partial charge in [-0.2, -0.15) is 0 Å². The fourth-order valence-corrected chi connectivity index (χ4v) is 6.61. The number of ether oxygens (including phenoxy) is 2. The fourth-order valence-electron chi connectivity index (χ4n) is 5.69. The predicted molar refractivity (Wildman–Crippen MR) is 189 cm³/mol. The molecule has 244 valence electrons. The molecule has 5 aromatic rings. The van der Waals surface area contributed by atoms with Crippen LogP contribution in [0.4, 0.5) is 5.69 Å². The maximum atomic E-state index is 12.7. The second-order valence-corrected chi connectivity index (χ2v) is 12.8. The number of amides is 2. The first-order chi connectivity index (χ1) is 23.4. The first-order valence-corrected chi connectivity index (χ1v) is 17.0. The Kier molecular flexibility index (Phi) is 11.0. The molecule has 0 saturated carbocycles. The van der Waals surface area contributed by atoms with Crippen molar-refractivity contribution in [3.05, 3.63) is 155 Å². The molecule has 48 heavy (non-hydrogen) atoms. The molecule has 1 fully saturated rings. The molecule has 0 spiro atoms. The van der Waals surface area contributed by atoms with E-state index < -0.39 is 6.29 Å². The number of benzene rings is 5. The van der Waals surface area contributed by atoms with Crippen LogP contribution in [0.2, 0.25) is 0 Å². The maximum Gasteiger partial charge on any atom is 0.251 e. The number of aliphatic hydroxyl groups excluding tert-OH is 1. The van der Waals surface area contributed by atoms with Gasteiger partial charge >= 0.3 is 0 Å². The summed E-state index contributed by atoms with van der Waals surface area (Å²) in [6.45, 7) is 1.90. The van der Waals surface area contributed by atoms with Gasteiger partial charge in [-0.25, -0.2) is 0 Å². The molecule has 1 aliphatic rings. The van der Waals surface area contributed by atoms with Crippen molar-refractivity contribution in [2.75, 3.05) is 11.1 Å². The molecule has 7 nitrogen and oxygen atoms in total. The highest BCUT2D eigenvalue weighted by molar-refractivity contribution is 7.99. The Morgan fingerprint density at radius 3 is 2.19 bits per heavy atom. The number of carbonyl (C=O) groups is 2. The van der Waals surface area contributed by atoms with Crippen molar-refractivity contribution in [2.45, 2.75) is 49.9 Å². The van der Waals surface area contributed by atoms with Crippen molar-refractivity contribution in [3.8, 4) is 11.1 Å². The van der Waals surface area contributed by atoms with Crippen LogP contribution in [0.5, 0.6) is 0 Å². The van der Waals surface area contributed by atoms with E-state index in [1.807, 2.05) is 97.1 Å². The van der Waals surface area contributed by atoms with E-state index >= 15 is 0 Å². The molecule has 1 saturated heterocycles. The predicted octanol–water partition coefficient (Wildman–Crippen LogP) is 8.07. The number of thioether (sulfide) groups is 1. The lowest BCUT2D eigenvalue weighted by Gasteiger charge is -2.36. The van der Waals surface area contributed by atoms with Gasteiger partial charge in [0.2, 0.25) is 5.91 Å². The van der Waals surface area contributed by atoms with Crippen LogP contribution < -0.4 is 10.6 Å². The van der Waals surface area contributed by atoms with E-state index in [9.17, 15) is 14.7 Å². The molecule has 1 aliphatic heterocycles. The van der Waals surface area contributed by atoms with Gasteiger partial charge in [-0.15, -0.1) is 11.8 Å². The molecule has 0 aliphatic carbocycles. The summed E-state index contributed by atoms with van der Waals surface area (Å²) in [4.78, 5) is 25.2. The summed E-state index contributed by atoms with van der Waals surface area (Å²) in [5.74, 6) is 0.521. The molecule has 2 amide bonds. The van der Waals surface area contributed by atoms with Gasteiger partial charge in [0.25, 0.3) is 5.91 Å². The molecule has 1 heterocycles. The number of hydrogen-bond acceptors (Lipinski definition) is 6. The molecule has 0 radical (unpaired) electrons. The van der Waals surface area contributed by atoms with Gasteiger partial charge in [-0.1, -0.05) is 91.0 Å². The number of rotatable bonds is 11. The van der Waals surface area contributed by atoms with Gasteiger partial charge in [0.05, 0.1) is 18.8 Å². The Morgan fingerprint density at radius 1 is 0.792 bits per heavy atom. The maximum absolute atomic E-state index is 12.7. The minimum absolute atomic E-state index is 0.00753. The average molecular weight is 659 g/mol. The monoisotopic (exact) mass is 658 g/mol. The third-order valence-electron chi connectivity index (χ3n) is 8.21. The Hall–Kier alpha value is -4.73. The first-order valence-electron chi connectivity index (χ1n) is 16.0. The summed E-state index contributed by atoms with van der Waals surface area (Å²) >= 11 is 1.71. The molecule has 3 N–H and O–H groups in total. The first kappa shape index (κ1) is 33.2. The zero-order chi connectivity index (χ0) is 33.3. The van der Waals surface area contributed by atoms with E-state index in [1.54, 1.807) is 23.9 Å². The van der Waals surface area contributed by atoms with E-state index in [1.165, 1.54) is 6.92 Å². The third kappa shape index (κ3) is 8.59. The number of carbonyl (C=O) groups excluding carboxylic acids is 2. The summed E-state index contributed by atoms with van der Waals surface area (Å²) in [5, 5.41) is 15.4. The van der Waals surface area contributed by atoms with E-state index in [2.05, 4.69) is 28.8 Å². The van der Waals surface area contributed by atoms with Gasteiger partial charge in [0.1, 0.15) is 0 Å². The standard InChI is InChI=1S/C40H38N2O5S/c1-27(44)42-34-19-21-36(22-20-34)48-26-35-23-38(30-13-11-28(25-43)12-14-30)47-40(46-35)32-17-15-29(16-18-32)37-10-6-5-9-33(37)24-41-39(45)31-7-3-2-4-8-31/h2-22,35,38,40,43H,23-26H2,1H3,(H,41,45)(H,42,44). The number of hydrogen-bond donors (Lipinski definition) is 3. The number of aliphatic hydroxyl groups is 1. The van der Waals surface area contributed by atoms with Crippen molar-refractivity contribution >= 4 is 29.3 Å². The molecule has 3 atom stereocenters. The smallest absolute Gasteiger partial charge is 0.251 e. The average Bonchev–Trinajstić information content (AvgIpc) is 3.14. The highest BCUT2D eigenvalue weighted by Crippen LogP contribution is 2.40. The molecule has 3 unspecified atom stereocenters. The third-order valence-corrected chi connectivity index (χ3v) is 9.36. The van der Waals surface area contributed by atoms with Gasteiger partial charge in [-0.3, -0.25) is 9.59 Å². The summed E-state index contributed by atoms with van der Waals surface area (Å²) in [5.41, 5.74) is 7.31. The molecule has 0 bridgehead atoms. The van der Waals surface area contributed by atoms with Crippen molar-refractivity contribution in [2.24, 2.45) is 0 Å². The van der Waals surface area contributed by atoms with E-state index in [0.717, 1.165) is 49.7 Å². The molecular formula is C40H38N2O5S. The number of anilines is 1. The van der Waals surface area contributed by atoms with Crippen LogP contribution in [-0.4, -0.2) is 28.8 Å². The van der Waals surface area contributed by atoms with Crippen LogP contribution in [0.15, 0.2) is 132 Å². The Bertz CT molecular complexity index is 1810. The second kappa shape index (κ2) is 15.9. The lowest BCUT2D eigenvalue weighted by atomic mass is 9.97. The Morgan fingerprint density at radius 2 is 1.48 bits per heavy atom. The normalized spacial score (nSPS) is 17.4. The molecule has 0 aromatic heterocycles. The summed E-state index contributed by atoms with van der Waals surface area (Å²) < 4.78 is 13.1. The lowest BCUT2D eigenvalue weighted by molar-refractivity contribution is -0.245. The van der Waals surface area contributed by atoms with Crippen LogP contribution in [0.1, 0.15) is 58.4 Å². The number of nitrogens with one attached hydrogen (secondary N) is 2.